The SMILES string of the molecule is Cc1nc(C2CCCNC2)ncc1C(=O)Nc1ccccc1. The number of hydrogen-bond donors (Lipinski definition) is 2. The molecule has 1 aliphatic rings. The Morgan fingerprint density at radius 1 is 1.32 bits per heavy atom. The number of hydrogen-bond acceptors (Lipinski definition) is 4. The van der Waals surface area contributed by atoms with E-state index in [2.05, 4.69) is 20.6 Å². The van der Waals surface area contributed by atoms with Crippen molar-refractivity contribution in [1.82, 2.24) is 15.3 Å². The molecule has 1 saturated heterocycles. The molecule has 0 radical (unpaired) electrons. The Balaban J connectivity index is 1.75. The fourth-order valence-electron chi connectivity index (χ4n) is 2.70. The van der Waals surface area contributed by atoms with Crippen molar-refractivity contribution in [2.24, 2.45) is 0 Å². The van der Waals surface area contributed by atoms with Crippen LogP contribution in [0.15, 0.2) is 36.5 Å². The number of carbonyl (C=O) groups is 1. The third-order valence-electron chi connectivity index (χ3n) is 3.94. The third kappa shape index (κ3) is 3.31. The molecule has 1 aromatic heterocycles. The standard InChI is InChI=1S/C17H20N4O/c1-12-15(17(22)21-14-7-3-2-4-8-14)11-19-16(20-12)13-6-5-9-18-10-13/h2-4,7-8,11,13,18H,5-6,9-10H2,1H3,(H,21,22). The molecule has 1 amide bonds. The monoisotopic (exact) mass is 296 g/mol. The number of piperidine rings is 1. The fourth-order valence-corrected chi connectivity index (χ4v) is 2.70. The van der Waals surface area contributed by atoms with Crippen molar-refractivity contribution in [3.63, 3.8) is 0 Å². The van der Waals surface area contributed by atoms with Crippen LogP contribution in [-0.4, -0.2) is 29.0 Å². The van der Waals surface area contributed by atoms with E-state index >= 15 is 0 Å². The van der Waals surface area contributed by atoms with E-state index in [1.54, 1.807) is 6.20 Å². The maximum Gasteiger partial charge on any atom is 0.259 e. The number of nitrogens with one attached hydrogen (secondary N) is 2. The minimum Gasteiger partial charge on any atom is -0.322 e. The number of carbonyl (C=O) groups excluding carboxylic acids is 1. The molecule has 1 fully saturated rings. The van der Waals surface area contributed by atoms with E-state index in [0.717, 1.165) is 43.1 Å². The Hall–Kier alpha value is -2.27. The van der Waals surface area contributed by atoms with Crippen molar-refractivity contribution in [3.05, 3.63) is 53.6 Å². The Kier molecular flexibility index (Phi) is 4.44. The van der Waals surface area contributed by atoms with Crippen LogP contribution in [0.5, 0.6) is 0 Å². The van der Waals surface area contributed by atoms with Crippen LogP contribution in [0.25, 0.3) is 0 Å². The van der Waals surface area contributed by atoms with Crippen molar-refractivity contribution in [2.45, 2.75) is 25.7 Å². The predicted molar refractivity (Wildman–Crippen MR) is 86.0 cm³/mol. The Labute approximate surface area is 130 Å². The highest BCUT2D eigenvalue weighted by molar-refractivity contribution is 6.04. The second-order valence-electron chi connectivity index (χ2n) is 5.59. The number of amides is 1. The molecule has 1 unspecified atom stereocenters. The summed E-state index contributed by atoms with van der Waals surface area (Å²) in [6, 6.07) is 9.40. The average molecular weight is 296 g/mol. The van der Waals surface area contributed by atoms with Gasteiger partial charge in [-0.15, -0.1) is 0 Å². The summed E-state index contributed by atoms with van der Waals surface area (Å²) < 4.78 is 0. The topological polar surface area (TPSA) is 66.9 Å². The molecule has 1 atom stereocenters. The zero-order valence-electron chi connectivity index (χ0n) is 12.7. The molecule has 1 aliphatic heterocycles. The number of benzene rings is 1. The minimum atomic E-state index is -0.169. The first-order valence-corrected chi connectivity index (χ1v) is 7.64. The van der Waals surface area contributed by atoms with E-state index in [1.807, 2.05) is 37.3 Å². The summed E-state index contributed by atoms with van der Waals surface area (Å²) in [7, 11) is 0. The van der Waals surface area contributed by atoms with E-state index < -0.39 is 0 Å². The molecule has 5 heteroatoms. The predicted octanol–water partition coefficient (Wildman–Crippen LogP) is 2.50. The van der Waals surface area contributed by atoms with Crippen molar-refractivity contribution < 1.29 is 4.79 Å². The highest BCUT2D eigenvalue weighted by Crippen LogP contribution is 2.21. The van der Waals surface area contributed by atoms with Gasteiger partial charge in [-0.3, -0.25) is 4.79 Å². The van der Waals surface area contributed by atoms with Crippen LogP contribution in [0.4, 0.5) is 5.69 Å². The van der Waals surface area contributed by atoms with Gasteiger partial charge in [0.2, 0.25) is 0 Å². The summed E-state index contributed by atoms with van der Waals surface area (Å²) in [6.45, 7) is 3.84. The zero-order valence-corrected chi connectivity index (χ0v) is 12.7. The van der Waals surface area contributed by atoms with Gasteiger partial charge in [-0.2, -0.15) is 0 Å². The number of rotatable bonds is 3. The Morgan fingerprint density at radius 3 is 2.82 bits per heavy atom. The molecule has 0 aliphatic carbocycles. The first-order valence-electron chi connectivity index (χ1n) is 7.64. The lowest BCUT2D eigenvalue weighted by Gasteiger charge is -2.21. The number of nitrogens with zero attached hydrogens (tertiary/aromatic N) is 2. The molecular formula is C17H20N4O. The van der Waals surface area contributed by atoms with Gasteiger partial charge in [0.1, 0.15) is 5.82 Å². The number of anilines is 1. The zero-order chi connectivity index (χ0) is 15.4. The van der Waals surface area contributed by atoms with Gasteiger partial charge < -0.3 is 10.6 Å². The van der Waals surface area contributed by atoms with E-state index in [0.29, 0.717) is 11.5 Å². The molecule has 2 aromatic rings. The van der Waals surface area contributed by atoms with Gasteiger partial charge in [-0.05, 0) is 38.4 Å². The minimum absolute atomic E-state index is 0.169. The van der Waals surface area contributed by atoms with Crippen molar-refractivity contribution >= 4 is 11.6 Å². The summed E-state index contributed by atoms with van der Waals surface area (Å²) in [4.78, 5) is 21.3. The third-order valence-corrected chi connectivity index (χ3v) is 3.94. The molecule has 2 N–H and O–H groups in total. The van der Waals surface area contributed by atoms with Gasteiger partial charge in [0.25, 0.3) is 5.91 Å². The van der Waals surface area contributed by atoms with Gasteiger partial charge in [0.15, 0.2) is 0 Å². The number of aromatic nitrogens is 2. The first-order chi connectivity index (χ1) is 10.7. The Morgan fingerprint density at radius 2 is 2.14 bits per heavy atom. The summed E-state index contributed by atoms with van der Waals surface area (Å²) in [6.07, 6.45) is 3.88. The smallest absolute Gasteiger partial charge is 0.259 e. The molecule has 22 heavy (non-hydrogen) atoms. The normalized spacial score (nSPS) is 18.0. The highest BCUT2D eigenvalue weighted by atomic mass is 16.1. The van der Waals surface area contributed by atoms with Gasteiger partial charge in [-0.1, -0.05) is 18.2 Å². The van der Waals surface area contributed by atoms with Gasteiger partial charge >= 0.3 is 0 Å². The summed E-state index contributed by atoms with van der Waals surface area (Å²) >= 11 is 0. The summed E-state index contributed by atoms with van der Waals surface area (Å²) in [5.74, 6) is 1.01. The lowest BCUT2D eigenvalue weighted by atomic mass is 9.98. The van der Waals surface area contributed by atoms with Crippen LogP contribution < -0.4 is 10.6 Å². The molecule has 2 heterocycles. The highest BCUT2D eigenvalue weighted by Gasteiger charge is 2.20. The lowest BCUT2D eigenvalue weighted by molar-refractivity contribution is 0.102. The van der Waals surface area contributed by atoms with E-state index in [-0.39, 0.29) is 5.91 Å². The Bertz CT molecular complexity index is 651. The molecule has 1 aromatic carbocycles. The quantitative estimate of drug-likeness (QED) is 0.913. The molecule has 114 valence electrons. The number of para-hydroxylation sites is 1. The molecule has 3 rings (SSSR count). The molecule has 5 nitrogen and oxygen atoms in total. The first kappa shape index (κ1) is 14.7. The van der Waals surface area contributed by atoms with Crippen molar-refractivity contribution in [3.8, 4) is 0 Å². The van der Waals surface area contributed by atoms with Crippen molar-refractivity contribution in [1.29, 1.82) is 0 Å². The molecule has 0 spiro atoms. The van der Waals surface area contributed by atoms with E-state index in [1.165, 1.54) is 0 Å². The molecule has 0 bridgehead atoms. The van der Waals surface area contributed by atoms with Crippen LogP contribution in [0.1, 0.15) is 40.6 Å². The van der Waals surface area contributed by atoms with Crippen LogP contribution in [0.3, 0.4) is 0 Å². The van der Waals surface area contributed by atoms with Gasteiger partial charge in [-0.25, -0.2) is 9.97 Å². The maximum atomic E-state index is 12.3. The average Bonchev–Trinajstić information content (AvgIpc) is 2.56. The second-order valence-corrected chi connectivity index (χ2v) is 5.59. The molecular weight excluding hydrogens is 276 g/mol. The largest absolute Gasteiger partial charge is 0.322 e. The number of aryl methyl sites for hydroxylation is 1. The van der Waals surface area contributed by atoms with E-state index in [4.69, 9.17) is 0 Å². The van der Waals surface area contributed by atoms with Crippen LogP contribution in [-0.2, 0) is 0 Å². The van der Waals surface area contributed by atoms with Crippen LogP contribution in [0, 0.1) is 6.92 Å². The maximum absolute atomic E-state index is 12.3. The summed E-state index contributed by atoms with van der Waals surface area (Å²) in [5.41, 5.74) is 2.02. The van der Waals surface area contributed by atoms with Crippen LogP contribution >= 0.6 is 0 Å². The summed E-state index contributed by atoms with van der Waals surface area (Å²) in [5, 5.41) is 6.23. The second kappa shape index (κ2) is 6.66. The van der Waals surface area contributed by atoms with Crippen LogP contribution in [0.2, 0.25) is 0 Å². The van der Waals surface area contributed by atoms with Crippen molar-refractivity contribution in [2.75, 3.05) is 18.4 Å². The van der Waals surface area contributed by atoms with E-state index in [9.17, 15) is 4.79 Å². The molecule has 0 saturated carbocycles. The lowest BCUT2D eigenvalue weighted by Crippen LogP contribution is -2.29. The van der Waals surface area contributed by atoms with Gasteiger partial charge in [0.05, 0.1) is 11.3 Å². The van der Waals surface area contributed by atoms with Gasteiger partial charge in [0, 0.05) is 24.3 Å². The fraction of sp³-hybridized carbons (Fsp3) is 0.353.